The van der Waals surface area contributed by atoms with Gasteiger partial charge in [-0.05, 0) is 12.1 Å². The number of nitro groups is 1. The molecule has 120 valence electrons. The number of benzene rings is 1. The van der Waals surface area contributed by atoms with Crippen LogP contribution in [0.15, 0.2) is 36.5 Å². The smallest absolute Gasteiger partial charge is 0.292 e. The van der Waals surface area contributed by atoms with Crippen molar-refractivity contribution in [3.05, 3.63) is 52.3 Å². The van der Waals surface area contributed by atoms with Gasteiger partial charge < -0.3 is 15.0 Å². The van der Waals surface area contributed by atoms with Crippen LogP contribution in [-0.2, 0) is 0 Å². The van der Waals surface area contributed by atoms with Crippen LogP contribution in [-0.4, -0.2) is 37.0 Å². The van der Waals surface area contributed by atoms with E-state index in [2.05, 4.69) is 10.3 Å². The third-order valence-corrected chi connectivity index (χ3v) is 3.05. The predicted molar refractivity (Wildman–Crippen MR) is 85.1 cm³/mol. The lowest BCUT2D eigenvalue weighted by Gasteiger charge is -2.14. The van der Waals surface area contributed by atoms with Gasteiger partial charge in [0.15, 0.2) is 0 Å². The molecule has 0 saturated heterocycles. The first kappa shape index (κ1) is 16.2. The highest BCUT2D eigenvalue weighted by molar-refractivity contribution is 5.92. The molecule has 0 radical (unpaired) electrons. The summed E-state index contributed by atoms with van der Waals surface area (Å²) in [7, 11) is 4.93. The second-order valence-corrected chi connectivity index (χ2v) is 4.86. The van der Waals surface area contributed by atoms with Crippen LogP contribution in [0.25, 0.3) is 0 Å². The average molecular weight is 316 g/mol. The summed E-state index contributed by atoms with van der Waals surface area (Å²) in [5, 5.41) is 13.5. The molecule has 1 aromatic carbocycles. The number of aromatic nitrogens is 1. The van der Waals surface area contributed by atoms with E-state index in [-0.39, 0.29) is 17.3 Å². The topological polar surface area (TPSA) is 97.6 Å². The Hall–Kier alpha value is -3.16. The van der Waals surface area contributed by atoms with E-state index in [1.54, 1.807) is 31.1 Å². The maximum Gasteiger partial charge on any atom is 0.292 e. The predicted octanol–water partition coefficient (Wildman–Crippen LogP) is 2.21. The molecule has 0 aliphatic carbocycles. The summed E-state index contributed by atoms with van der Waals surface area (Å²) in [5.74, 6) is 0.513. The summed E-state index contributed by atoms with van der Waals surface area (Å²) >= 11 is 0. The van der Waals surface area contributed by atoms with Crippen molar-refractivity contribution in [2.45, 2.75) is 0 Å². The highest BCUT2D eigenvalue weighted by atomic mass is 16.6. The van der Waals surface area contributed by atoms with Gasteiger partial charge in [0.1, 0.15) is 22.9 Å². The molecule has 2 aromatic rings. The van der Waals surface area contributed by atoms with Crippen molar-refractivity contribution in [1.29, 1.82) is 0 Å². The van der Waals surface area contributed by atoms with E-state index in [4.69, 9.17) is 4.74 Å². The minimum absolute atomic E-state index is 0.0110. The minimum atomic E-state index is -0.449. The number of pyridine rings is 1. The van der Waals surface area contributed by atoms with Gasteiger partial charge in [0.05, 0.1) is 4.92 Å². The number of carbonyl (C=O) groups excluding carboxylic acids is 1. The molecular formula is C15H16N4O4. The molecule has 0 bridgehead atoms. The molecule has 1 heterocycles. The Kier molecular flexibility index (Phi) is 4.75. The molecule has 0 aliphatic heterocycles. The molecule has 0 atom stereocenters. The summed E-state index contributed by atoms with van der Waals surface area (Å²) < 4.78 is 5.67. The largest absolute Gasteiger partial charge is 0.457 e. The molecule has 0 fully saturated rings. The van der Waals surface area contributed by atoms with Gasteiger partial charge in [0.25, 0.3) is 11.6 Å². The van der Waals surface area contributed by atoms with Crippen LogP contribution in [0.1, 0.15) is 10.5 Å². The molecule has 8 nitrogen and oxygen atoms in total. The van der Waals surface area contributed by atoms with Gasteiger partial charge in [-0.2, -0.15) is 0 Å². The number of hydrogen-bond donors (Lipinski definition) is 1. The number of nitrogens with zero attached hydrogens (tertiary/aromatic N) is 3. The molecule has 1 aromatic heterocycles. The van der Waals surface area contributed by atoms with Crippen molar-refractivity contribution in [1.82, 2.24) is 10.3 Å². The van der Waals surface area contributed by atoms with E-state index >= 15 is 0 Å². The number of amides is 1. The number of nitro benzene ring substituents is 1. The van der Waals surface area contributed by atoms with E-state index in [1.165, 1.54) is 31.4 Å². The highest BCUT2D eigenvalue weighted by Crippen LogP contribution is 2.32. The summed E-state index contributed by atoms with van der Waals surface area (Å²) in [6.45, 7) is 0. The fraction of sp³-hybridized carbons (Fsp3) is 0.200. The van der Waals surface area contributed by atoms with Crippen LogP contribution < -0.4 is 15.0 Å². The second kappa shape index (κ2) is 6.73. The van der Waals surface area contributed by atoms with E-state index in [9.17, 15) is 14.9 Å². The molecule has 1 amide bonds. The molecule has 23 heavy (non-hydrogen) atoms. The number of hydrogen-bond acceptors (Lipinski definition) is 6. The third kappa shape index (κ3) is 3.73. The van der Waals surface area contributed by atoms with Crippen molar-refractivity contribution in [2.24, 2.45) is 0 Å². The third-order valence-electron chi connectivity index (χ3n) is 3.05. The highest BCUT2D eigenvalue weighted by Gasteiger charge is 2.16. The van der Waals surface area contributed by atoms with Gasteiger partial charge in [-0.1, -0.05) is 0 Å². The Morgan fingerprint density at radius 1 is 1.26 bits per heavy atom. The second-order valence-electron chi connectivity index (χ2n) is 4.86. The summed E-state index contributed by atoms with van der Waals surface area (Å²) in [6, 6.07) is 7.55. The molecular weight excluding hydrogens is 300 g/mol. The van der Waals surface area contributed by atoms with Gasteiger partial charge in [0, 0.05) is 45.5 Å². The van der Waals surface area contributed by atoms with Crippen molar-refractivity contribution < 1.29 is 14.5 Å². The number of nitrogens with one attached hydrogen (secondary N) is 1. The van der Waals surface area contributed by atoms with Gasteiger partial charge in [-0.3, -0.25) is 19.9 Å². The molecule has 0 saturated carbocycles. The van der Waals surface area contributed by atoms with Crippen LogP contribution in [0.5, 0.6) is 11.5 Å². The minimum Gasteiger partial charge on any atom is -0.457 e. The Balaban J connectivity index is 2.32. The van der Waals surface area contributed by atoms with Crippen LogP contribution in [0, 0.1) is 10.1 Å². The van der Waals surface area contributed by atoms with Crippen LogP contribution in [0.3, 0.4) is 0 Å². The fourth-order valence-corrected chi connectivity index (χ4v) is 1.94. The molecule has 1 N–H and O–H groups in total. The number of rotatable bonds is 5. The summed E-state index contributed by atoms with van der Waals surface area (Å²) in [6.07, 6.45) is 1.46. The average Bonchev–Trinajstić information content (AvgIpc) is 2.54. The van der Waals surface area contributed by atoms with Crippen molar-refractivity contribution in [3.63, 3.8) is 0 Å². The lowest BCUT2D eigenvalue weighted by atomic mass is 10.2. The first-order chi connectivity index (χ1) is 10.9. The lowest BCUT2D eigenvalue weighted by Crippen LogP contribution is -2.18. The molecule has 0 unspecified atom stereocenters. The zero-order valence-electron chi connectivity index (χ0n) is 12.9. The standard InChI is InChI=1S/C15H16N4O4/c1-16-15(20)12-8-11(6-7-17-12)23-10-4-5-13(19(21)22)14(9-10)18(2)3/h4-9H,1-3H3,(H,16,20). The number of ether oxygens (including phenoxy) is 1. The Labute approximate surface area is 132 Å². The van der Waals surface area contributed by atoms with Crippen LogP contribution in [0.4, 0.5) is 11.4 Å². The number of anilines is 1. The van der Waals surface area contributed by atoms with Gasteiger partial charge >= 0.3 is 0 Å². The maximum atomic E-state index is 11.6. The van der Waals surface area contributed by atoms with Crippen LogP contribution in [0.2, 0.25) is 0 Å². The summed E-state index contributed by atoms with van der Waals surface area (Å²) in [4.78, 5) is 27.7. The van der Waals surface area contributed by atoms with Gasteiger partial charge in [0.2, 0.25) is 0 Å². The summed E-state index contributed by atoms with van der Waals surface area (Å²) in [5.41, 5.74) is 0.635. The lowest BCUT2D eigenvalue weighted by molar-refractivity contribution is -0.384. The Morgan fingerprint density at radius 2 is 1.96 bits per heavy atom. The van der Waals surface area contributed by atoms with Gasteiger partial charge in [-0.25, -0.2) is 0 Å². The van der Waals surface area contributed by atoms with Crippen molar-refractivity contribution >= 4 is 17.3 Å². The van der Waals surface area contributed by atoms with E-state index in [0.717, 1.165) is 0 Å². The molecule has 0 aliphatic rings. The SMILES string of the molecule is CNC(=O)c1cc(Oc2ccc([N+](=O)[O-])c(N(C)C)c2)ccn1. The number of carbonyl (C=O) groups is 1. The zero-order chi connectivity index (χ0) is 17.0. The molecule has 0 spiro atoms. The van der Waals surface area contributed by atoms with Crippen molar-refractivity contribution in [2.75, 3.05) is 26.0 Å². The molecule has 2 rings (SSSR count). The van der Waals surface area contributed by atoms with Gasteiger partial charge in [-0.15, -0.1) is 0 Å². The zero-order valence-corrected chi connectivity index (χ0v) is 12.9. The van der Waals surface area contributed by atoms with Crippen LogP contribution >= 0.6 is 0 Å². The van der Waals surface area contributed by atoms with Crippen molar-refractivity contribution in [3.8, 4) is 11.5 Å². The first-order valence-electron chi connectivity index (χ1n) is 6.74. The Bertz CT molecular complexity index is 746. The van der Waals surface area contributed by atoms with E-state index in [0.29, 0.717) is 17.2 Å². The Morgan fingerprint density at radius 3 is 2.57 bits per heavy atom. The normalized spacial score (nSPS) is 10.0. The van der Waals surface area contributed by atoms with E-state index in [1.807, 2.05) is 0 Å². The first-order valence-corrected chi connectivity index (χ1v) is 6.74. The quantitative estimate of drug-likeness (QED) is 0.671. The maximum absolute atomic E-state index is 11.6. The molecule has 8 heteroatoms. The van der Waals surface area contributed by atoms with E-state index < -0.39 is 4.92 Å². The monoisotopic (exact) mass is 316 g/mol. The fourth-order valence-electron chi connectivity index (χ4n) is 1.94.